The lowest BCUT2D eigenvalue weighted by molar-refractivity contribution is -0.148. The van der Waals surface area contributed by atoms with Crippen LogP contribution in [0.3, 0.4) is 0 Å². The number of aromatic nitrogens is 2. The number of aryl methyl sites for hydroxylation is 1. The molecule has 1 fully saturated rings. The fraction of sp³-hybridized carbons (Fsp3) is 0.529. The Hall–Kier alpha value is -1.93. The predicted molar refractivity (Wildman–Crippen MR) is 93.5 cm³/mol. The predicted octanol–water partition coefficient (Wildman–Crippen LogP) is 1.89. The van der Waals surface area contributed by atoms with Crippen LogP contribution in [-0.4, -0.2) is 46.4 Å². The van der Waals surface area contributed by atoms with E-state index in [0.29, 0.717) is 31.5 Å². The standard InChI is InChI=1S/C17H23N3O4S/c1-3-10-25(22,23)20-9-5-7-15(20)17(21)24-12-14-11-19-8-4-6-13(2)16(19)18-14/h4,6,8,11,15H,3,5,7,9-10,12H2,1-2H3. The number of hydrogen-bond donors (Lipinski definition) is 0. The maximum absolute atomic E-state index is 12.4. The Balaban J connectivity index is 1.68. The Morgan fingerprint density at radius 2 is 2.24 bits per heavy atom. The van der Waals surface area contributed by atoms with Crippen LogP contribution in [0, 0.1) is 6.92 Å². The van der Waals surface area contributed by atoms with Crippen molar-refractivity contribution in [2.24, 2.45) is 0 Å². The summed E-state index contributed by atoms with van der Waals surface area (Å²) in [7, 11) is -3.40. The lowest BCUT2D eigenvalue weighted by Gasteiger charge is -2.22. The first kappa shape index (κ1) is 17.9. The minimum atomic E-state index is -3.40. The zero-order chi connectivity index (χ0) is 18.0. The van der Waals surface area contributed by atoms with Crippen LogP contribution in [-0.2, 0) is 26.2 Å². The number of nitrogens with zero attached hydrogens (tertiary/aromatic N) is 3. The van der Waals surface area contributed by atoms with Crippen molar-refractivity contribution < 1.29 is 17.9 Å². The molecule has 1 unspecified atom stereocenters. The lowest BCUT2D eigenvalue weighted by Crippen LogP contribution is -2.42. The number of fused-ring (bicyclic) bond motifs is 1. The molecule has 136 valence electrons. The van der Waals surface area contributed by atoms with Gasteiger partial charge in [-0.15, -0.1) is 0 Å². The largest absolute Gasteiger partial charge is 0.458 e. The normalized spacial score (nSPS) is 18.7. The highest BCUT2D eigenvalue weighted by Crippen LogP contribution is 2.23. The molecule has 0 bridgehead atoms. The van der Waals surface area contributed by atoms with Crippen LogP contribution in [0.2, 0.25) is 0 Å². The van der Waals surface area contributed by atoms with Crippen molar-refractivity contribution in [2.45, 2.75) is 45.8 Å². The molecule has 0 spiro atoms. The summed E-state index contributed by atoms with van der Waals surface area (Å²) in [4.78, 5) is 16.9. The molecule has 0 N–H and O–H groups in total. The van der Waals surface area contributed by atoms with E-state index in [0.717, 1.165) is 11.2 Å². The van der Waals surface area contributed by atoms with Crippen LogP contribution >= 0.6 is 0 Å². The third-order valence-corrected chi connectivity index (χ3v) is 6.46. The van der Waals surface area contributed by atoms with Gasteiger partial charge in [0.05, 0.1) is 11.4 Å². The molecule has 0 saturated carbocycles. The number of sulfonamides is 1. The highest BCUT2D eigenvalue weighted by atomic mass is 32.2. The van der Waals surface area contributed by atoms with E-state index < -0.39 is 22.0 Å². The minimum Gasteiger partial charge on any atom is -0.458 e. The van der Waals surface area contributed by atoms with Gasteiger partial charge in [-0.05, 0) is 37.8 Å². The summed E-state index contributed by atoms with van der Waals surface area (Å²) in [6, 6.07) is 3.18. The van der Waals surface area contributed by atoms with Crippen molar-refractivity contribution in [1.82, 2.24) is 13.7 Å². The fourth-order valence-corrected chi connectivity index (χ4v) is 4.94. The van der Waals surface area contributed by atoms with E-state index >= 15 is 0 Å². The van der Waals surface area contributed by atoms with Gasteiger partial charge in [0.1, 0.15) is 18.3 Å². The maximum Gasteiger partial charge on any atom is 0.324 e. The summed E-state index contributed by atoms with van der Waals surface area (Å²) in [6.07, 6.45) is 5.41. The molecule has 3 heterocycles. The summed E-state index contributed by atoms with van der Waals surface area (Å²) in [5, 5.41) is 0. The maximum atomic E-state index is 12.4. The number of rotatable bonds is 6. The van der Waals surface area contributed by atoms with Gasteiger partial charge in [0.2, 0.25) is 10.0 Å². The third kappa shape index (κ3) is 3.69. The number of carbonyl (C=O) groups is 1. The van der Waals surface area contributed by atoms with Crippen molar-refractivity contribution in [3.05, 3.63) is 35.8 Å². The zero-order valence-electron chi connectivity index (χ0n) is 14.5. The number of carbonyl (C=O) groups excluding carboxylic acids is 1. The molecular weight excluding hydrogens is 342 g/mol. The molecule has 2 aromatic rings. The van der Waals surface area contributed by atoms with Crippen LogP contribution in [0.25, 0.3) is 5.65 Å². The van der Waals surface area contributed by atoms with Crippen molar-refractivity contribution in [3.8, 4) is 0 Å². The van der Waals surface area contributed by atoms with E-state index in [1.54, 1.807) is 0 Å². The molecular formula is C17H23N3O4S. The molecule has 0 radical (unpaired) electrons. The van der Waals surface area contributed by atoms with Gasteiger partial charge >= 0.3 is 5.97 Å². The summed E-state index contributed by atoms with van der Waals surface area (Å²) in [5.74, 6) is -0.436. The van der Waals surface area contributed by atoms with E-state index in [4.69, 9.17) is 4.74 Å². The van der Waals surface area contributed by atoms with Crippen LogP contribution in [0.5, 0.6) is 0 Å². The molecule has 1 aliphatic heterocycles. The first-order chi connectivity index (χ1) is 11.9. The van der Waals surface area contributed by atoms with E-state index in [1.807, 2.05) is 42.8 Å². The van der Waals surface area contributed by atoms with Gasteiger partial charge in [0.15, 0.2) is 0 Å². The zero-order valence-corrected chi connectivity index (χ0v) is 15.3. The monoisotopic (exact) mass is 365 g/mol. The molecule has 8 heteroatoms. The van der Waals surface area contributed by atoms with E-state index in [-0.39, 0.29) is 12.4 Å². The van der Waals surface area contributed by atoms with Gasteiger partial charge in [-0.2, -0.15) is 4.31 Å². The Morgan fingerprint density at radius 3 is 2.96 bits per heavy atom. The SMILES string of the molecule is CCCS(=O)(=O)N1CCCC1C(=O)OCc1cn2cccc(C)c2n1. The Morgan fingerprint density at radius 1 is 1.44 bits per heavy atom. The summed E-state index contributed by atoms with van der Waals surface area (Å²) >= 11 is 0. The Bertz CT molecular complexity index is 875. The second-order valence-electron chi connectivity index (χ2n) is 6.35. The highest BCUT2D eigenvalue weighted by Gasteiger charge is 2.39. The number of esters is 1. The molecule has 3 rings (SSSR count). The summed E-state index contributed by atoms with van der Waals surface area (Å²) < 4.78 is 33.1. The van der Waals surface area contributed by atoms with Crippen molar-refractivity contribution in [3.63, 3.8) is 0 Å². The number of pyridine rings is 1. The molecule has 2 aromatic heterocycles. The minimum absolute atomic E-state index is 0.0398. The average molecular weight is 365 g/mol. The second-order valence-corrected chi connectivity index (χ2v) is 8.39. The smallest absolute Gasteiger partial charge is 0.324 e. The van der Waals surface area contributed by atoms with E-state index in [9.17, 15) is 13.2 Å². The van der Waals surface area contributed by atoms with Gasteiger partial charge < -0.3 is 9.14 Å². The van der Waals surface area contributed by atoms with Gasteiger partial charge in [-0.1, -0.05) is 13.0 Å². The first-order valence-corrected chi connectivity index (χ1v) is 10.1. The third-order valence-electron chi connectivity index (χ3n) is 4.39. The average Bonchev–Trinajstić information content (AvgIpc) is 3.20. The highest BCUT2D eigenvalue weighted by molar-refractivity contribution is 7.89. The Kier molecular flexibility index (Phi) is 5.10. The van der Waals surface area contributed by atoms with Crippen LogP contribution in [0.15, 0.2) is 24.5 Å². The van der Waals surface area contributed by atoms with Gasteiger partial charge in [-0.25, -0.2) is 13.4 Å². The summed E-state index contributed by atoms with van der Waals surface area (Å²) in [6.45, 7) is 4.20. The lowest BCUT2D eigenvalue weighted by atomic mass is 10.2. The topological polar surface area (TPSA) is 81.0 Å². The molecule has 0 aliphatic carbocycles. The molecule has 7 nitrogen and oxygen atoms in total. The van der Waals surface area contributed by atoms with Gasteiger partial charge in [-0.3, -0.25) is 4.79 Å². The van der Waals surface area contributed by atoms with Gasteiger partial charge in [0, 0.05) is 18.9 Å². The molecule has 1 aliphatic rings. The Labute approximate surface area is 147 Å². The fourth-order valence-electron chi connectivity index (χ4n) is 3.20. The van der Waals surface area contributed by atoms with Crippen molar-refractivity contribution in [2.75, 3.05) is 12.3 Å². The summed E-state index contributed by atoms with van der Waals surface area (Å²) in [5.41, 5.74) is 2.50. The van der Waals surface area contributed by atoms with Crippen LogP contribution in [0.1, 0.15) is 37.4 Å². The van der Waals surface area contributed by atoms with E-state index in [2.05, 4.69) is 4.98 Å². The van der Waals surface area contributed by atoms with Crippen molar-refractivity contribution in [1.29, 1.82) is 0 Å². The quantitative estimate of drug-likeness (QED) is 0.730. The molecule has 0 amide bonds. The number of hydrogen-bond acceptors (Lipinski definition) is 5. The molecule has 25 heavy (non-hydrogen) atoms. The molecule has 1 atom stereocenters. The second kappa shape index (κ2) is 7.13. The van der Waals surface area contributed by atoms with Crippen molar-refractivity contribution >= 4 is 21.6 Å². The van der Waals surface area contributed by atoms with Gasteiger partial charge in [0.25, 0.3) is 0 Å². The molecule has 1 saturated heterocycles. The number of imidazole rings is 1. The first-order valence-electron chi connectivity index (χ1n) is 8.51. The van der Waals surface area contributed by atoms with Crippen LogP contribution < -0.4 is 0 Å². The van der Waals surface area contributed by atoms with E-state index in [1.165, 1.54) is 4.31 Å². The van der Waals surface area contributed by atoms with Crippen LogP contribution in [0.4, 0.5) is 0 Å². The number of ether oxygens (including phenoxy) is 1. The molecule has 0 aromatic carbocycles.